The minimum Gasteiger partial charge on any atom is -0.389 e. The quantitative estimate of drug-likeness (QED) is 0.810. The molecule has 106 valence electrons. The maximum absolute atomic E-state index is 10.9. The molecule has 0 spiro atoms. The molecule has 3 nitrogen and oxygen atoms in total. The maximum atomic E-state index is 10.9. The fourth-order valence-corrected chi connectivity index (χ4v) is 4.01. The van der Waals surface area contributed by atoms with Gasteiger partial charge in [0, 0.05) is 31.9 Å². The second-order valence-electron chi connectivity index (χ2n) is 6.86. The van der Waals surface area contributed by atoms with Crippen LogP contribution >= 0.6 is 0 Å². The van der Waals surface area contributed by atoms with Gasteiger partial charge in [0.05, 0.1) is 11.7 Å². The summed E-state index contributed by atoms with van der Waals surface area (Å²) < 4.78 is 5.32. The Labute approximate surface area is 111 Å². The van der Waals surface area contributed by atoms with Gasteiger partial charge < -0.3 is 15.6 Å². The monoisotopic (exact) mass is 255 g/mol. The van der Waals surface area contributed by atoms with Crippen molar-refractivity contribution in [2.75, 3.05) is 13.7 Å². The van der Waals surface area contributed by atoms with Gasteiger partial charge >= 0.3 is 0 Å². The molecule has 2 aliphatic rings. The summed E-state index contributed by atoms with van der Waals surface area (Å²) in [6, 6.07) is 0. The van der Waals surface area contributed by atoms with Crippen LogP contribution in [0.25, 0.3) is 0 Å². The third-order valence-electron chi connectivity index (χ3n) is 5.77. The molecule has 0 radical (unpaired) electrons. The summed E-state index contributed by atoms with van der Waals surface area (Å²) in [6.07, 6.45) is 6.38. The first-order valence-electron chi connectivity index (χ1n) is 7.41. The Morgan fingerprint density at radius 2 is 1.83 bits per heavy atom. The van der Waals surface area contributed by atoms with Gasteiger partial charge in [-0.25, -0.2) is 0 Å². The predicted octanol–water partition coefficient (Wildman–Crippen LogP) is 2.32. The number of rotatable bonds is 4. The maximum Gasteiger partial charge on any atom is 0.0765 e. The SMILES string of the molecule is COC1CC(O)(C2(CN)CCC(C(C)C)CC2)C1. The van der Waals surface area contributed by atoms with E-state index < -0.39 is 5.60 Å². The van der Waals surface area contributed by atoms with Gasteiger partial charge in [-0.2, -0.15) is 0 Å². The zero-order valence-electron chi connectivity index (χ0n) is 12.1. The fourth-order valence-electron chi connectivity index (χ4n) is 4.01. The van der Waals surface area contributed by atoms with Gasteiger partial charge in [-0.3, -0.25) is 0 Å². The average molecular weight is 255 g/mol. The lowest BCUT2D eigenvalue weighted by Gasteiger charge is -2.57. The number of aliphatic hydroxyl groups is 1. The molecule has 0 amide bonds. The van der Waals surface area contributed by atoms with Crippen LogP contribution in [0.2, 0.25) is 0 Å². The normalized spacial score (nSPS) is 45.0. The number of methoxy groups -OCH3 is 1. The Kier molecular flexibility index (Phi) is 4.05. The standard InChI is InChI=1S/C15H29NO2/c1-11(2)12-4-6-14(10-16,7-5-12)15(17)8-13(9-15)18-3/h11-13,17H,4-10,16H2,1-3H3. The lowest BCUT2D eigenvalue weighted by atomic mass is 9.53. The van der Waals surface area contributed by atoms with Crippen LogP contribution < -0.4 is 5.73 Å². The van der Waals surface area contributed by atoms with Crippen molar-refractivity contribution in [3.05, 3.63) is 0 Å². The number of hydrogen-bond acceptors (Lipinski definition) is 3. The summed E-state index contributed by atoms with van der Waals surface area (Å²) in [6.45, 7) is 5.23. The first-order valence-corrected chi connectivity index (χ1v) is 7.41. The van der Waals surface area contributed by atoms with Crippen molar-refractivity contribution in [1.29, 1.82) is 0 Å². The summed E-state index contributed by atoms with van der Waals surface area (Å²) in [4.78, 5) is 0. The molecule has 0 aliphatic heterocycles. The van der Waals surface area contributed by atoms with Crippen LogP contribution in [-0.4, -0.2) is 30.5 Å². The molecule has 0 bridgehead atoms. The van der Waals surface area contributed by atoms with Crippen molar-refractivity contribution >= 4 is 0 Å². The fraction of sp³-hybridized carbons (Fsp3) is 1.00. The van der Waals surface area contributed by atoms with Crippen LogP contribution in [0.1, 0.15) is 52.4 Å². The second-order valence-corrected chi connectivity index (χ2v) is 6.86. The van der Waals surface area contributed by atoms with Crippen LogP contribution in [0.5, 0.6) is 0 Å². The van der Waals surface area contributed by atoms with Crippen molar-refractivity contribution < 1.29 is 9.84 Å². The van der Waals surface area contributed by atoms with E-state index in [1.54, 1.807) is 7.11 Å². The highest BCUT2D eigenvalue weighted by atomic mass is 16.5. The van der Waals surface area contributed by atoms with Crippen molar-refractivity contribution in [1.82, 2.24) is 0 Å². The van der Waals surface area contributed by atoms with E-state index in [0.717, 1.165) is 37.5 Å². The molecule has 2 fully saturated rings. The second kappa shape index (κ2) is 5.10. The van der Waals surface area contributed by atoms with Crippen LogP contribution in [-0.2, 0) is 4.74 Å². The van der Waals surface area contributed by atoms with E-state index >= 15 is 0 Å². The third kappa shape index (κ3) is 2.21. The van der Waals surface area contributed by atoms with Gasteiger partial charge in [-0.05, 0) is 37.5 Å². The van der Waals surface area contributed by atoms with Gasteiger partial charge in [0.15, 0.2) is 0 Å². The van der Waals surface area contributed by atoms with Crippen molar-refractivity contribution in [3.63, 3.8) is 0 Å². The molecule has 0 heterocycles. The highest BCUT2D eigenvalue weighted by molar-refractivity contribution is 5.09. The smallest absolute Gasteiger partial charge is 0.0765 e. The molecule has 0 aromatic carbocycles. The van der Waals surface area contributed by atoms with Crippen molar-refractivity contribution in [2.45, 2.75) is 64.1 Å². The Hall–Kier alpha value is -0.120. The van der Waals surface area contributed by atoms with Crippen LogP contribution in [0.3, 0.4) is 0 Å². The van der Waals surface area contributed by atoms with Crippen molar-refractivity contribution in [2.24, 2.45) is 23.0 Å². The van der Waals surface area contributed by atoms with Gasteiger partial charge in [0.1, 0.15) is 0 Å². The van der Waals surface area contributed by atoms with Crippen LogP contribution in [0.4, 0.5) is 0 Å². The lowest BCUT2D eigenvalue weighted by molar-refractivity contribution is -0.206. The van der Waals surface area contributed by atoms with E-state index in [-0.39, 0.29) is 11.5 Å². The van der Waals surface area contributed by atoms with Crippen molar-refractivity contribution in [3.8, 4) is 0 Å². The molecule has 2 saturated carbocycles. The molecular weight excluding hydrogens is 226 g/mol. The largest absolute Gasteiger partial charge is 0.389 e. The number of nitrogens with two attached hydrogens (primary N) is 1. The topological polar surface area (TPSA) is 55.5 Å². The van der Waals surface area contributed by atoms with E-state index in [1.165, 1.54) is 12.8 Å². The first kappa shape index (κ1) is 14.3. The van der Waals surface area contributed by atoms with Gasteiger partial charge in [0.2, 0.25) is 0 Å². The highest BCUT2D eigenvalue weighted by Crippen LogP contribution is 2.55. The highest BCUT2D eigenvalue weighted by Gasteiger charge is 2.57. The van der Waals surface area contributed by atoms with E-state index in [2.05, 4.69) is 13.8 Å². The van der Waals surface area contributed by atoms with Crippen LogP contribution in [0, 0.1) is 17.3 Å². The molecule has 2 aliphatic carbocycles. The van der Waals surface area contributed by atoms with E-state index in [1.807, 2.05) is 0 Å². The van der Waals surface area contributed by atoms with Gasteiger partial charge in [-0.15, -0.1) is 0 Å². The van der Waals surface area contributed by atoms with E-state index in [4.69, 9.17) is 10.5 Å². The molecule has 0 aromatic heterocycles. The molecule has 2 rings (SSSR count). The Bertz CT molecular complexity index is 276. The molecule has 0 aromatic rings. The molecule has 3 heteroatoms. The minimum atomic E-state index is -0.565. The zero-order chi connectivity index (χ0) is 13.4. The molecule has 18 heavy (non-hydrogen) atoms. The third-order valence-corrected chi connectivity index (χ3v) is 5.77. The summed E-state index contributed by atoms with van der Waals surface area (Å²) in [5.41, 5.74) is 5.43. The van der Waals surface area contributed by atoms with E-state index in [9.17, 15) is 5.11 Å². The van der Waals surface area contributed by atoms with Crippen LogP contribution in [0.15, 0.2) is 0 Å². The summed E-state index contributed by atoms with van der Waals surface area (Å²) in [5.74, 6) is 1.56. The number of hydrogen-bond donors (Lipinski definition) is 2. The molecular formula is C15H29NO2. The lowest BCUT2D eigenvalue weighted by Crippen LogP contribution is -2.63. The minimum absolute atomic E-state index is 0.0482. The predicted molar refractivity (Wildman–Crippen MR) is 73.3 cm³/mol. The molecule has 3 N–H and O–H groups in total. The Morgan fingerprint density at radius 1 is 1.28 bits per heavy atom. The Balaban J connectivity index is 2.01. The summed E-state index contributed by atoms with van der Waals surface area (Å²) in [5, 5.41) is 10.9. The molecule has 0 unspecified atom stereocenters. The van der Waals surface area contributed by atoms with E-state index in [0.29, 0.717) is 6.54 Å². The summed E-state index contributed by atoms with van der Waals surface area (Å²) >= 11 is 0. The number of ether oxygens (including phenoxy) is 1. The zero-order valence-corrected chi connectivity index (χ0v) is 12.1. The van der Waals surface area contributed by atoms with Gasteiger partial charge in [0.25, 0.3) is 0 Å². The summed E-state index contributed by atoms with van der Waals surface area (Å²) in [7, 11) is 1.73. The average Bonchev–Trinajstić information content (AvgIpc) is 2.34. The molecule has 0 saturated heterocycles. The first-order chi connectivity index (χ1) is 8.46. The Morgan fingerprint density at radius 3 is 2.22 bits per heavy atom. The van der Waals surface area contributed by atoms with Gasteiger partial charge in [-0.1, -0.05) is 13.8 Å². The molecule has 0 atom stereocenters.